The average molecular weight is 331 g/mol. The van der Waals surface area contributed by atoms with Crippen molar-refractivity contribution >= 4 is 42.9 Å². The van der Waals surface area contributed by atoms with E-state index in [1.807, 2.05) is 0 Å². The van der Waals surface area contributed by atoms with Crippen molar-refractivity contribution in [1.29, 1.82) is 0 Å². The van der Waals surface area contributed by atoms with Gasteiger partial charge in [0.1, 0.15) is 4.90 Å². The molecule has 0 unspecified atom stereocenters. The molecule has 0 fully saturated rings. The van der Waals surface area contributed by atoms with Gasteiger partial charge in [0.25, 0.3) is 15.0 Å². The van der Waals surface area contributed by atoms with Gasteiger partial charge in [0.05, 0.1) is 10.6 Å². The molecule has 20 heavy (non-hydrogen) atoms. The Morgan fingerprint density at radius 3 is 2.55 bits per heavy atom. The molecule has 0 bridgehead atoms. The van der Waals surface area contributed by atoms with Crippen LogP contribution in [0.1, 0.15) is 10.4 Å². The summed E-state index contributed by atoms with van der Waals surface area (Å²) in [7, 11) is 1.30. The highest BCUT2D eigenvalue weighted by Gasteiger charge is 2.15. The van der Waals surface area contributed by atoms with Crippen LogP contribution in [-0.4, -0.2) is 19.3 Å². The number of benzene rings is 1. The summed E-state index contributed by atoms with van der Waals surface area (Å²) in [5, 5.41) is 2.51. The quantitative estimate of drug-likeness (QED) is 0.878. The van der Waals surface area contributed by atoms with Gasteiger partial charge in [-0.25, -0.2) is 8.42 Å². The van der Waals surface area contributed by atoms with E-state index in [9.17, 15) is 13.2 Å². The molecule has 1 aromatic heterocycles. The first-order valence-electron chi connectivity index (χ1n) is 5.33. The van der Waals surface area contributed by atoms with E-state index < -0.39 is 9.05 Å². The first kappa shape index (κ1) is 14.8. The minimum absolute atomic E-state index is 0.0658. The highest BCUT2D eigenvalue weighted by Crippen LogP contribution is 2.27. The van der Waals surface area contributed by atoms with E-state index in [1.165, 1.54) is 24.4 Å². The fourth-order valence-electron chi connectivity index (χ4n) is 1.48. The summed E-state index contributed by atoms with van der Waals surface area (Å²) < 4.78 is 22.4. The van der Waals surface area contributed by atoms with Crippen molar-refractivity contribution in [3.05, 3.63) is 53.3 Å². The Hall–Kier alpha value is -1.63. The fourth-order valence-corrected chi connectivity index (χ4v) is 3.01. The lowest BCUT2D eigenvalue weighted by molar-refractivity contribution is 0.102. The number of carbonyl (C=O) groups excluding carboxylic acids is 1. The van der Waals surface area contributed by atoms with Crippen molar-refractivity contribution in [2.24, 2.45) is 0 Å². The van der Waals surface area contributed by atoms with Crippen molar-refractivity contribution in [2.75, 3.05) is 5.32 Å². The van der Waals surface area contributed by atoms with Crippen LogP contribution in [0.5, 0.6) is 0 Å². The second-order valence-corrected chi connectivity index (χ2v) is 6.72. The lowest BCUT2D eigenvalue weighted by Gasteiger charge is -2.07. The van der Waals surface area contributed by atoms with Gasteiger partial charge in [-0.15, -0.1) is 0 Å². The molecule has 0 saturated carbocycles. The molecule has 0 atom stereocenters. The molecule has 1 amide bonds. The zero-order valence-corrected chi connectivity index (χ0v) is 12.2. The number of nitrogens with zero attached hydrogens (tertiary/aromatic N) is 1. The number of anilines is 1. The Morgan fingerprint density at radius 1 is 1.25 bits per heavy atom. The Morgan fingerprint density at radius 2 is 2.00 bits per heavy atom. The molecule has 0 spiro atoms. The van der Waals surface area contributed by atoms with Gasteiger partial charge in [-0.1, -0.05) is 11.6 Å². The molecule has 2 aromatic rings. The number of hydrogen-bond donors (Lipinski definition) is 1. The van der Waals surface area contributed by atoms with Crippen molar-refractivity contribution in [3.8, 4) is 0 Å². The molecule has 1 heterocycles. The van der Waals surface area contributed by atoms with E-state index in [-0.39, 0.29) is 15.8 Å². The number of nitrogens with one attached hydrogen (secondary N) is 1. The van der Waals surface area contributed by atoms with Gasteiger partial charge in [0, 0.05) is 28.8 Å². The minimum Gasteiger partial charge on any atom is -0.322 e. The van der Waals surface area contributed by atoms with Gasteiger partial charge in [-0.05, 0) is 30.3 Å². The van der Waals surface area contributed by atoms with Gasteiger partial charge < -0.3 is 5.32 Å². The van der Waals surface area contributed by atoms with Crippen LogP contribution < -0.4 is 5.32 Å². The highest BCUT2D eigenvalue weighted by atomic mass is 35.7. The summed E-state index contributed by atoms with van der Waals surface area (Å²) in [6.45, 7) is 0. The van der Waals surface area contributed by atoms with Crippen LogP contribution in [0.25, 0.3) is 0 Å². The normalized spacial score (nSPS) is 11.1. The molecule has 0 saturated heterocycles. The zero-order chi connectivity index (χ0) is 14.8. The van der Waals surface area contributed by atoms with Gasteiger partial charge >= 0.3 is 0 Å². The maximum absolute atomic E-state index is 11.9. The summed E-state index contributed by atoms with van der Waals surface area (Å²) in [6, 6.07) is 7.16. The molecule has 0 aliphatic carbocycles. The number of carbonyl (C=O) groups is 1. The molecule has 1 aromatic carbocycles. The molecule has 8 heteroatoms. The van der Waals surface area contributed by atoms with Gasteiger partial charge in [0.2, 0.25) is 0 Å². The van der Waals surface area contributed by atoms with Crippen LogP contribution in [0.15, 0.2) is 47.6 Å². The molecular formula is C12H8Cl2N2O3S. The fraction of sp³-hybridized carbons (Fsp3) is 0. The number of pyridine rings is 1. The van der Waals surface area contributed by atoms with Crippen molar-refractivity contribution in [3.63, 3.8) is 0 Å². The largest absolute Gasteiger partial charge is 0.322 e. The third-order valence-corrected chi connectivity index (χ3v) is 4.18. The number of halogens is 2. The summed E-state index contributed by atoms with van der Waals surface area (Å²) >= 11 is 5.82. The number of rotatable bonds is 3. The predicted octanol–water partition coefficient (Wildman–Crippen LogP) is 2.91. The summed E-state index contributed by atoms with van der Waals surface area (Å²) in [5.74, 6) is -0.379. The molecule has 5 nitrogen and oxygen atoms in total. The van der Waals surface area contributed by atoms with Crippen LogP contribution in [0, 0.1) is 0 Å². The topological polar surface area (TPSA) is 76.1 Å². The Bertz CT molecular complexity index is 749. The highest BCUT2D eigenvalue weighted by molar-refractivity contribution is 8.13. The number of hydrogen-bond acceptors (Lipinski definition) is 4. The second kappa shape index (κ2) is 5.78. The molecule has 0 aliphatic heterocycles. The minimum atomic E-state index is -3.91. The number of amides is 1. The summed E-state index contributed by atoms with van der Waals surface area (Å²) in [5.41, 5.74) is 0.727. The summed E-state index contributed by atoms with van der Waals surface area (Å²) in [6.07, 6.45) is 2.96. The van der Waals surface area contributed by atoms with Gasteiger partial charge in [0.15, 0.2) is 0 Å². The smallest absolute Gasteiger partial charge is 0.262 e. The first-order valence-corrected chi connectivity index (χ1v) is 8.02. The van der Waals surface area contributed by atoms with E-state index in [0.717, 1.165) is 0 Å². The lowest BCUT2D eigenvalue weighted by Crippen LogP contribution is -2.12. The Labute approximate surface area is 125 Å². The lowest BCUT2D eigenvalue weighted by atomic mass is 10.2. The third-order valence-electron chi connectivity index (χ3n) is 2.38. The van der Waals surface area contributed by atoms with E-state index >= 15 is 0 Å². The van der Waals surface area contributed by atoms with Crippen LogP contribution in [0.2, 0.25) is 5.02 Å². The zero-order valence-electron chi connectivity index (χ0n) is 9.88. The SMILES string of the molecule is O=C(Nc1ccc(S(=O)(=O)Cl)c(Cl)c1)c1cccnc1. The maximum atomic E-state index is 11.9. The van der Waals surface area contributed by atoms with E-state index in [0.29, 0.717) is 11.3 Å². The van der Waals surface area contributed by atoms with Crippen LogP contribution in [0.4, 0.5) is 5.69 Å². The average Bonchev–Trinajstić information content (AvgIpc) is 2.38. The van der Waals surface area contributed by atoms with E-state index in [1.54, 1.807) is 18.3 Å². The molecule has 2 rings (SSSR count). The van der Waals surface area contributed by atoms with Crippen LogP contribution >= 0.6 is 22.3 Å². The van der Waals surface area contributed by atoms with E-state index in [4.69, 9.17) is 22.3 Å². The standard InChI is InChI=1S/C12H8Cl2N2O3S/c13-10-6-9(3-4-11(10)20(14,18)19)16-12(17)8-2-1-5-15-7-8/h1-7H,(H,16,17). The van der Waals surface area contributed by atoms with Crippen LogP contribution in [-0.2, 0) is 9.05 Å². The molecule has 1 N–H and O–H groups in total. The monoisotopic (exact) mass is 330 g/mol. The molecular weight excluding hydrogens is 323 g/mol. The maximum Gasteiger partial charge on any atom is 0.262 e. The van der Waals surface area contributed by atoms with Crippen LogP contribution in [0.3, 0.4) is 0 Å². The first-order chi connectivity index (χ1) is 9.38. The van der Waals surface area contributed by atoms with Crippen molar-refractivity contribution < 1.29 is 13.2 Å². The van der Waals surface area contributed by atoms with Gasteiger partial charge in [-0.3, -0.25) is 9.78 Å². The molecule has 104 valence electrons. The number of aromatic nitrogens is 1. The predicted molar refractivity (Wildman–Crippen MR) is 76.7 cm³/mol. The molecule has 0 radical (unpaired) electrons. The Balaban J connectivity index is 2.24. The van der Waals surface area contributed by atoms with Gasteiger partial charge in [-0.2, -0.15) is 0 Å². The second-order valence-electron chi connectivity index (χ2n) is 3.78. The Kier molecular flexibility index (Phi) is 4.27. The van der Waals surface area contributed by atoms with Crippen molar-refractivity contribution in [1.82, 2.24) is 4.98 Å². The third kappa shape index (κ3) is 3.47. The summed E-state index contributed by atoms with van der Waals surface area (Å²) in [4.78, 5) is 15.5. The molecule has 0 aliphatic rings. The van der Waals surface area contributed by atoms with Crippen molar-refractivity contribution in [2.45, 2.75) is 4.90 Å². The van der Waals surface area contributed by atoms with E-state index in [2.05, 4.69) is 10.3 Å².